The van der Waals surface area contributed by atoms with Crippen molar-refractivity contribution >= 4 is 24.2 Å². The van der Waals surface area contributed by atoms with Gasteiger partial charge in [0, 0.05) is 24.7 Å². The van der Waals surface area contributed by atoms with Gasteiger partial charge in [-0.05, 0) is 50.7 Å². The van der Waals surface area contributed by atoms with Crippen LogP contribution in [-0.2, 0) is 9.53 Å². The van der Waals surface area contributed by atoms with Gasteiger partial charge in [-0.2, -0.15) is 5.10 Å². The van der Waals surface area contributed by atoms with Crippen LogP contribution < -0.4 is 0 Å². The highest BCUT2D eigenvalue weighted by molar-refractivity contribution is 5.82. The van der Waals surface area contributed by atoms with Gasteiger partial charge in [-0.3, -0.25) is 4.79 Å². The van der Waals surface area contributed by atoms with E-state index in [0.29, 0.717) is 30.2 Å². The van der Waals surface area contributed by atoms with Crippen molar-refractivity contribution in [3.63, 3.8) is 0 Å². The minimum atomic E-state index is -0.722. The number of carbonyl (C=O) groups excluding carboxylic acids is 1. The number of aryl methyl sites for hydroxylation is 1. The van der Waals surface area contributed by atoms with Gasteiger partial charge in [0.05, 0.1) is 12.8 Å². The topological polar surface area (TPSA) is 79.9 Å². The van der Waals surface area contributed by atoms with E-state index in [1.807, 2.05) is 32.0 Å². The number of carbonyl (C=O) groups is 1. The van der Waals surface area contributed by atoms with Gasteiger partial charge >= 0.3 is 0 Å². The van der Waals surface area contributed by atoms with Gasteiger partial charge in [0.1, 0.15) is 17.6 Å². The first kappa shape index (κ1) is 21.9. The lowest BCUT2D eigenvalue weighted by Crippen LogP contribution is -2.24. The standard InChI is InChI=1S/C17H17N3O.C5H9NO2/c1-7-14-8-11(2)9-15(10-14)20-17(18-5)12(3)16(19-20)13(4)21-6;1-6-3-2-4(7)5(6)8/h1,8-10H,4-5H2,2-3,6H3;4,7H,2-3H2,1H3. The van der Waals surface area contributed by atoms with Crippen LogP contribution in [0.25, 0.3) is 11.4 Å². The van der Waals surface area contributed by atoms with Crippen molar-refractivity contribution in [3.8, 4) is 18.0 Å². The van der Waals surface area contributed by atoms with Crippen LogP contribution in [0.15, 0.2) is 29.8 Å². The fraction of sp³-hybridized carbons (Fsp3) is 0.318. The van der Waals surface area contributed by atoms with Gasteiger partial charge in [-0.15, -0.1) is 6.42 Å². The Morgan fingerprint density at radius 1 is 1.41 bits per heavy atom. The highest BCUT2D eigenvalue weighted by Gasteiger charge is 2.26. The Morgan fingerprint density at radius 3 is 2.55 bits per heavy atom. The van der Waals surface area contributed by atoms with E-state index < -0.39 is 6.10 Å². The number of hydrogen-bond acceptors (Lipinski definition) is 5. The maximum atomic E-state index is 10.6. The first-order valence-electron chi connectivity index (χ1n) is 9.04. The lowest BCUT2D eigenvalue weighted by molar-refractivity contribution is -0.133. The van der Waals surface area contributed by atoms with Crippen LogP contribution in [0.2, 0.25) is 0 Å². The summed E-state index contributed by atoms with van der Waals surface area (Å²) in [6.07, 6.45) is 5.36. The second-order valence-electron chi connectivity index (χ2n) is 6.76. The number of terminal acetylenes is 1. The molecule has 1 atom stereocenters. The Kier molecular flexibility index (Phi) is 6.97. The molecule has 7 nitrogen and oxygen atoms in total. The molecule has 152 valence electrons. The molecule has 3 rings (SSSR count). The van der Waals surface area contributed by atoms with E-state index >= 15 is 0 Å². The zero-order valence-corrected chi connectivity index (χ0v) is 17.3. The average Bonchev–Trinajstić information content (AvgIpc) is 3.20. The molecule has 2 heterocycles. The van der Waals surface area contributed by atoms with Gasteiger partial charge in [0.15, 0.2) is 5.82 Å². The maximum Gasteiger partial charge on any atom is 0.251 e. The Balaban J connectivity index is 0.000000313. The van der Waals surface area contributed by atoms with E-state index in [1.54, 1.807) is 18.8 Å². The lowest BCUT2D eigenvalue weighted by atomic mass is 10.1. The third-order valence-electron chi connectivity index (χ3n) is 4.62. The number of likely N-dealkylation sites (N-methyl/N-ethyl adjacent to an activating group) is 1. The van der Waals surface area contributed by atoms with Crippen molar-refractivity contribution in [1.29, 1.82) is 0 Å². The van der Waals surface area contributed by atoms with Gasteiger partial charge in [-0.25, -0.2) is 9.67 Å². The number of amides is 1. The van der Waals surface area contributed by atoms with E-state index in [4.69, 9.17) is 16.3 Å². The highest BCUT2D eigenvalue weighted by Crippen LogP contribution is 2.29. The smallest absolute Gasteiger partial charge is 0.251 e. The van der Waals surface area contributed by atoms with Crippen molar-refractivity contribution in [2.24, 2.45) is 4.99 Å². The molecule has 0 aliphatic carbocycles. The largest absolute Gasteiger partial charge is 0.495 e. The molecule has 0 bridgehead atoms. The predicted octanol–water partition coefficient (Wildman–Crippen LogP) is 2.63. The molecule has 0 saturated carbocycles. The second-order valence-corrected chi connectivity index (χ2v) is 6.76. The summed E-state index contributed by atoms with van der Waals surface area (Å²) in [5.74, 6) is 3.63. The highest BCUT2D eigenvalue weighted by atomic mass is 16.5. The van der Waals surface area contributed by atoms with Gasteiger partial charge in [0.25, 0.3) is 5.91 Å². The zero-order chi connectivity index (χ0) is 21.7. The Labute approximate surface area is 171 Å². The first-order chi connectivity index (χ1) is 13.7. The van der Waals surface area contributed by atoms with Crippen molar-refractivity contribution in [2.75, 3.05) is 20.7 Å². The lowest BCUT2D eigenvalue weighted by Gasteiger charge is -2.06. The molecule has 1 fully saturated rings. The number of likely N-dealkylation sites (tertiary alicyclic amines) is 1. The number of methoxy groups -OCH3 is 1. The van der Waals surface area contributed by atoms with Crippen LogP contribution in [0.5, 0.6) is 0 Å². The van der Waals surface area contributed by atoms with E-state index in [2.05, 4.69) is 29.3 Å². The molecule has 0 spiro atoms. The molecular formula is C22H26N4O3. The molecule has 1 unspecified atom stereocenters. The molecule has 2 aromatic rings. The Morgan fingerprint density at radius 2 is 2.10 bits per heavy atom. The Hall–Kier alpha value is -3.37. The molecular weight excluding hydrogens is 368 g/mol. The number of aliphatic imine (C=N–C) groups is 1. The molecule has 7 heteroatoms. The monoisotopic (exact) mass is 394 g/mol. The molecule has 1 N–H and O–H groups in total. The van der Waals surface area contributed by atoms with Crippen molar-refractivity contribution in [1.82, 2.24) is 14.7 Å². The number of aromatic nitrogens is 2. The molecule has 1 aromatic carbocycles. The van der Waals surface area contributed by atoms with Crippen LogP contribution >= 0.6 is 0 Å². The fourth-order valence-electron chi connectivity index (χ4n) is 2.99. The van der Waals surface area contributed by atoms with E-state index in [-0.39, 0.29) is 5.91 Å². The summed E-state index contributed by atoms with van der Waals surface area (Å²) < 4.78 is 6.87. The quantitative estimate of drug-likeness (QED) is 0.491. The number of ether oxygens (including phenoxy) is 1. The molecule has 1 amide bonds. The number of aliphatic hydroxyl groups excluding tert-OH is 1. The number of rotatable bonds is 4. The van der Waals surface area contributed by atoms with Gasteiger partial charge in [0.2, 0.25) is 0 Å². The second kappa shape index (κ2) is 9.22. The van der Waals surface area contributed by atoms with E-state index in [1.165, 1.54) is 4.90 Å². The molecule has 1 aliphatic rings. The Bertz CT molecular complexity index is 973. The third kappa shape index (κ3) is 4.73. The maximum absolute atomic E-state index is 10.6. The molecule has 1 aromatic heterocycles. The van der Waals surface area contributed by atoms with Gasteiger partial charge < -0.3 is 14.7 Å². The molecule has 1 aliphatic heterocycles. The summed E-state index contributed by atoms with van der Waals surface area (Å²) in [6, 6.07) is 5.81. The van der Waals surface area contributed by atoms with E-state index in [9.17, 15) is 4.79 Å². The summed E-state index contributed by atoms with van der Waals surface area (Å²) in [5.41, 5.74) is 4.20. The van der Waals surface area contributed by atoms with Crippen molar-refractivity contribution < 1.29 is 14.6 Å². The van der Waals surface area contributed by atoms with Crippen molar-refractivity contribution in [3.05, 3.63) is 47.2 Å². The zero-order valence-electron chi connectivity index (χ0n) is 17.3. The van der Waals surface area contributed by atoms with Crippen LogP contribution in [0, 0.1) is 26.2 Å². The molecule has 1 saturated heterocycles. The third-order valence-corrected chi connectivity index (χ3v) is 4.62. The molecule has 0 radical (unpaired) electrons. The SMILES string of the molecule is C#Cc1cc(C)cc(-n2nc(C(=C)OC)c(C)c2N=C)c1.CN1CCC(O)C1=O. The summed E-state index contributed by atoms with van der Waals surface area (Å²) >= 11 is 0. The van der Waals surface area contributed by atoms with Crippen LogP contribution in [0.3, 0.4) is 0 Å². The number of hydrogen-bond donors (Lipinski definition) is 1. The summed E-state index contributed by atoms with van der Waals surface area (Å²) in [5, 5.41) is 13.3. The normalized spacial score (nSPS) is 15.4. The number of nitrogens with zero attached hydrogens (tertiary/aromatic N) is 4. The summed E-state index contributed by atoms with van der Waals surface area (Å²) in [6.45, 7) is 12.1. The van der Waals surface area contributed by atoms with Crippen molar-refractivity contribution in [2.45, 2.75) is 26.4 Å². The average molecular weight is 394 g/mol. The first-order valence-corrected chi connectivity index (χ1v) is 9.04. The fourth-order valence-corrected chi connectivity index (χ4v) is 2.99. The van der Waals surface area contributed by atoms with Crippen LogP contribution in [-0.4, -0.2) is 59.2 Å². The number of aliphatic hydroxyl groups is 1. The predicted molar refractivity (Wildman–Crippen MR) is 114 cm³/mol. The number of benzene rings is 1. The minimum Gasteiger partial charge on any atom is -0.495 e. The summed E-state index contributed by atoms with van der Waals surface area (Å²) in [7, 11) is 3.25. The summed E-state index contributed by atoms with van der Waals surface area (Å²) in [4.78, 5) is 16.2. The molecule has 29 heavy (non-hydrogen) atoms. The van der Waals surface area contributed by atoms with Crippen LogP contribution in [0.4, 0.5) is 5.82 Å². The minimum absolute atomic E-state index is 0.148. The van der Waals surface area contributed by atoms with Crippen LogP contribution in [0.1, 0.15) is 28.8 Å². The van der Waals surface area contributed by atoms with E-state index in [0.717, 1.165) is 22.4 Å². The van der Waals surface area contributed by atoms with Gasteiger partial charge in [-0.1, -0.05) is 12.5 Å².